The summed E-state index contributed by atoms with van der Waals surface area (Å²) in [5.41, 5.74) is 2.33. The third kappa shape index (κ3) is 3.60. The molecule has 0 bridgehead atoms. The maximum absolute atomic E-state index is 9.20. The van der Waals surface area contributed by atoms with E-state index in [-0.39, 0.29) is 15.0 Å². The molecule has 2 rings (SSSR count). The Hall–Kier alpha value is -1.81. The van der Waals surface area contributed by atoms with Crippen molar-refractivity contribution in [3.8, 4) is 6.07 Å². The van der Waals surface area contributed by atoms with Gasteiger partial charge in [-0.05, 0) is 0 Å². The van der Waals surface area contributed by atoms with Crippen molar-refractivity contribution in [1.29, 1.82) is 5.26 Å². The molecule has 0 saturated carbocycles. The van der Waals surface area contributed by atoms with E-state index in [1.807, 2.05) is 36.4 Å². The molecule has 0 amide bonds. The van der Waals surface area contributed by atoms with E-state index in [0.29, 0.717) is 0 Å². The zero-order valence-electron chi connectivity index (χ0n) is 10.1. The monoisotopic (exact) mass is 299 g/mol. The van der Waals surface area contributed by atoms with Crippen LogP contribution in [-0.2, 0) is 0 Å². The molecule has 0 aromatic heterocycles. The van der Waals surface area contributed by atoms with Crippen LogP contribution in [0.2, 0.25) is 0 Å². The van der Waals surface area contributed by atoms with Crippen LogP contribution in [0.15, 0.2) is 59.1 Å². The standard InChI is InChI=1S/C16H13NSe/c1-13-7-9-14(10-8-13)11-16(12-17)18-15-5-3-2-4-6-15/h2-11H,1H3/b16-11+. The Morgan fingerprint density at radius 1 is 1.06 bits per heavy atom. The number of nitriles is 1. The molecule has 0 aliphatic heterocycles. The van der Waals surface area contributed by atoms with Crippen molar-refractivity contribution in [3.05, 3.63) is 70.2 Å². The van der Waals surface area contributed by atoms with Crippen molar-refractivity contribution in [1.82, 2.24) is 0 Å². The number of hydrogen-bond acceptors (Lipinski definition) is 1. The fourth-order valence-corrected chi connectivity index (χ4v) is 3.17. The van der Waals surface area contributed by atoms with E-state index in [1.54, 1.807) is 0 Å². The summed E-state index contributed by atoms with van der Waals surface area (Å²) < 4.78 is 2.07. The summed E-state index contributed by atoms with van der Waals surface area (Å²) >= 11 is 0.0842. The van der Waals surface area contributed by atoms with Gasteiger partial charge < -0.3 is 0 Å². The quantitative estimate of drug-likeness (QED) is 0.631. The first kappa shape index (κ1) is 12.6. The van der Waals surface area contributed by atoms with E-state index in [1.165, 1.54) is 10.0 Å². The molecule has 2 aromatic carbocycles. The van der Waals surface area contributed by atoms with Gasteiger partial charge in [-0.3, -0.25) is 0 Å². The first-order valence-electron chi connectivity index (χ1n) is 5.69. The van der Waals surface area contributed by atoms with E-state index in [9.17, 15) is 5.26 Å². The van der Waals surface area contributed by atoms with Gasteiger partial charge in [0.05, 0.1) is 0 Å². The minimum absolute atomic E-state index is 0.0842. The molecule has 18 heavy (non-hydrogen) atoms. The zero-order valence-corrected chi connectivity index (χ0v) is 11.8. The normalized spacial score (nSPS) is 11.0. The van der Waals surface area contributed by atoms with Gasteiger partial charge in [0.1, 0.15) is 0 Å². The van der Waals surface area contributed by atoms with Crippen LogP contribution in [0.4, 0.5) is 0 Å². The molecule has 1 nitrogen and oxygen atoms in total. The Balaban J connectivity index is 2.19. The van der Waals surface area contributed by atoms with Gasteiger partial charge in [-0.1, -0.05) is 0 Å². The Morgan fingerprint density at radius 2 is 1.72 bits per heavy atom. The second kappa shape index (κ2) is 6.21. The predicted molar refractivity (Wildman–Crippen MR) is 76.6 cm³/mol. The van der Waals surface area contributed by atoms with E-state index in [4.69, 9.17) is 0 Å². The van der Waals surface area contributed by atoms with Gasteiger partial charge >= 0.3 is 114 Å². The van der Waals surface area contributed by atoms with Crippen LogP contribution in [0.1, 0.15) is 11.1 Å². The minimum atomic E-state index is 0.0842. The van der Waals surface area contributed by atoms with Crippen LogP contribution in [0.5, 0.6) is 0 Å². The molecule has 0 fully saturated rings. The summed E-state index contributed by atoms with van der Waals surface area (Å²) in [6.45, 7) is 2.06. The number of aryl methyl sites for hydroxylation is 1. The Labute approximate surface area is 114 Å². The molecule has 2 heteroatoms. The van der Waals surface area contributed by atoms with E-state index in [0.717, 1.165) is 10.0 Å². The first-order chi connectivity index (χ1) is 8.78. The van der Waals surface area contributed by atoms with E-state index < -0.39 is 0 Å². The van der Waals surface area contributed by atoms with Crippen molar-refractivity contribution < 1.29 is 0 Å². The molecule has 0 spiro atoms. The molecule has 0 saturated heterocycles. The summed E-state index contributed by atoms with van der Waals surface area (Å²) in [6.07, 6.45) is 1.98. The van der Waals surface area contributed by atoms with Gasteiger partial charge in [0, 0.05) is 0 Å². The molecule has 0 aliphatic carbocycles. The van der Waals surface area contributed by atoms with Crippen molar-refractivity contribution in [2.24, 2.45) is 0 Å². The molecule has 88 valence electrons. The van der Waals surface area contributed by atoms with Crippen molar-refractivity contribution in [2.75, 3.05) is 0 Å². The van der Waals surface area contributed by atoms with Gasteiger partial charge in [-0.25, -0.2) is 0 Å². The molecule has 0 heterocycles. The number of benzene rings is 2. The Bertz CT molecular complexity index is 577. The summed E-state index contributed by atoms with van der Waals surface area (Å²) in [7, 11) is 0. The van der Waals surface area contributed by atoms with Crippen LogP contribution in [-0.4, -0.2) is 15.0 Å². The van der Waals surface area contributed by atoms with Crippen LogP contribution in [0.3, 0.4) is 0 Å². The Kier molecular flexibility index (Phi) is 4.36. The molecular weight excluding hydrogens is 285 g/mol. The molecule has 0 atom stereocenters. The fraction of sp³-hybridized carbons (Fsp3) is 0.0625. The fourth-order valence-electron chi connectivity index (χ4n) is 1.51. The molecular formula is C16H13NSe. The Morgan fingerprint density at radius 3 is 2.33 bits per heavy atom. The zero-order chi connectivity index (χ0) is 12.8. The summed E-state index contributed by atoms with van der Waals surface area (Å²) in [4.78, 5) is 0. The van der Waals surface area contributed by atoms with Gasteiger partial charge in [0.15, 0.2) is 0 Å². The SMILES string of the molecule is Cc1ccc(/C=C(\C#N)[Se]c2ccccc2)cc1. The molecule has 0 unspecified atom stereocenters. The van der Waals surface area contributed by atoms with Gasteiger partial charge in [-0.2, -0.15) is 0 Å². The van der Waals surface area contributed by atoms with Crippen LogP contribution >= 0.6 is 0 Å². The van der Waals surface area contributed by atoms with Crippen LogP contribution in [0.25, 0.3) is 6.08 Å². The van der Waals surface area contributed by atoms with Crippen molar-refractivity contribution >= 4 is 25.5 Å². The molecule has 0 N–H and O–H groups in total. The van der Waals surface area contributed by atoms with Gasteiger partial charge in [0.2, 0.25) is 0 Å². The predicted octanol–water partition coefficient (Wildman–Crippen LogP) is 2.89. The third-order valence-corrected chi connectivity index (χ3v) is 4.42. The first-order valence-corrected chi connectivity index (χ1v) is 7.40. The summed E-state index contributed by atoms with van der Waals surface area (Å²) in [6, 6.07) is 20.7. The van der Waals surface area contributed by atoms with E-state index in [2.05, 4.69) is 37.3 Å². The summed E-state index contributed by atoms with van der Waals surface area (Å²) in [5.74, 6) is 0. The van der Waals surface area contributed by atoms with Crippen LogP contribution < -0.4 is 4.46 Å². The second-order valence-corrected chi connectivity index (χ2v) is 6.29. The molecule has 2 aromatic rings. The number of hydrogen-bond donors (Lipinski definition) is 0. The second-order valence-electron chi connectivity index (χ2n) is 3.95. The number of rotatable bonds is 3. The molecule has 0 aliphatic rings. The number of nitrogens with zero attached hydrogens (tertiary/aromatic N) is 1. The number of allylic oxidation sites excluding steroid dienone is 1. The maximum atomic E-state index is 9.20. The average molecular weight is 298 g/mol. The average Bonchev–Trinajstić information content (AvgIpc) is 2.41. The van der Waals surface area contributed by atoms with E-state index >= 15 is 0 Å². The van der Waals surface area contributed by atoms with Gasteiger partial charge in [0.25, 0.3) is 0 Å². The molecule has 0 radical (unpaired) electrons. The third-order valence-electron chi connectivity index (χ3n) is 2.46. The summed E-state index contributed by atoms with van der Waals surface area (Å²) in [5, 5.41) is 9.20. The van der Waals surface area contributed by atoms with Crippen LogP contribution in [0, 0.1) is 18.3 Å². The van der Waals surface area contributed by atoms with Gasteiger partial charge in [-0.15, -0.1) is 0 Å². The van der Waals surface area contributed by atoms with Crippen molar-refractivity contribution in [3.63, 3.8) is 0 Å². The topological polar surface area (TPSA) is 23.8 Å². The van der Waals surface area contributed by atoms with Crippen molar-refractivity contribution in [2.45, 2.75) is 6.92 Å².